The summed E-state index contributed by atoms with van der Waals surface area (Å²) >= 11 is 0. The second kappa shape index (κ2) is 6.20. The Labute approximate surface area is 105 Å². The molecule has 1 N–H and O–H groups in total. The minimum Gasteiger partial charge on any atom is -0.317 e. The molecule has 17 heavy (non-hydrogen) atoms. The third-order valence-corrected chi connectivity index (χ3v) is 4.04. The summed E-state index contributed by atoms with van der Waals surface area (Å²) in [5.74, 6) is 0.898. The van der Waals surface area contributed by atoms with Gasteiger partial charge in [0.05, 0.1) is 6.20 Å². The van der Waals surface area contributed by atoms with E-state index in [1.54, 1.807) is 0 Å². The van der Waals surface area contributed by atoms with Gasteiger partial charge in [-0.25, -0.2) is 0 Å². The van der Waals surface area contributed by atoms with Crippen LogP contribution >= 0.6 is 0 Å². The highest BCUT2D eigenvalue weighted by Crippen LogP contribution is 2.26. The Balaban J connectivity index is 1.81. The van der Waals surface area contributed by atoms with Crippen molar-refractivity contribution in [2.24, 2.45) is 13.0 Å². The molecule has 1 aromatic heterocycles. The van der Waals surface area contributed by atoms with Crippen molar-refractivity contribution in [1.29, 1.82) is 0 Å². The van der Waals surface area contributed by atoms with Crippen LogP contribution in [0.4, 0.5) is 0 Å². The van der Waals surface area contributed by atoms with Crippen LogP contribution in [0, 0.1) is 5.92 Å². The molecule has 1 heterocycles. The largest absolute Gasteiger partial charge is 0.317 e. The van der Waals surface area contributed by atoms with E-state index in [4.69, 9.17) is 0 Å². The van der Waals surface area contributed by atoms with Gasteiger partial charge in [-0.1, -0.05) is 19.3 Å². The van der Waals surface area contributed by atoms with Crippen LogP contribution in [0.1, 0.15) is 44.1 Å². The van der Waals surface area contributed by atoms with E-state index in [0.29, 0.717) is 0 Å². The van der Waals surface area contributed by atoms with E-state index in [9.17, 15) is 0 Å². The maximum Gasteiger partial charge on any atom is 0.0521 e. The second-order valence-corrected chi connectivity index (χ2v) is 5.43. The number of hydrogen-bond acceptors (Lipinski definition) is 2. The van der Waals surface area contributed by atoms with Gasteiger partial charge in [0, 0.05) is 19.3 Å². The predicted molar refractivity (Wildman–Crippen MR) is 71.0 cm³/mol. The quantitative estimate of drug-likeness (QED) is 0.813. The van der Waals surface area contributed by atoms with E-state index in [2.05, 4.69) is 23.7 Å². The van der Waals surface area contributed by atoms with Crippen molar-refractivity contribution in [3.05, 3.63) is 18.0 Å². The Hall–Kier alpha value is -0.830. The average Bonchev–Trinajstić information content (AvgIpc) is 2.62. The van der Waals surface area contributed by atoms with Gasteiger partial charge < -0.3 is 5.32 Å². The Morgan fingerprint density at radius 2 is 2.24 bits per heavy atom. The molecule has 1 aliphatic carbocycles. The lowest BCUT2D eigenvalue weighted by Gasteiger charge is -2.19. The first kappa shape index (κ1) is 12.6. The van der Waals surface area contributed by atoms with Crippen molar-refractivity contribution in [1.82, 2.24) is 15.1 Å². The van der Waals surface area contributed by atoms with Crippen LogP contribution in [-0.2, 0) is 13.5 Å². The molecule has 0 aromatic carbocycles. The molecule has 0 radical (unpaired) electrons. The Kier molecular flexibility index (Phi) is 4.60. The van der Waals surface area contributed by atoms with Crippen LogP contribution in [0.15, 0.2) is 12.4 Å². The van der Waals surface area contributed by atoms with Gasteiger partial charge in [0.15, 0.2) is 0 Å². The standard InChI is InChI=1S/C14H25N3/c1-15-14-6-4-3-5-12(9-14)7-8-13-10-16-17(2)11-13/h10-12,14-15H,3-9H2,1-2H3. The SMILES string of the molecule is CNC1CCCCC(CCc2cnn(C)c2)C1. The van der Waals surface area contributed by atoms with E-state index >= 15 is 0 Å². The summed E-state index contributed by atoms with van der Waals surface area (Å²) in [7, 11) is 4.10. The molecule has 0 saturated heterocycles. The lowest BCUT2D eigenvalue weighted by Crippen LogP contribution is -2.26. The number of hydrogen-bond donors (Lipinski definition) is 1. The monoisotopic (exact) mass is 235 g/mol. The molecular formula is C14H25N3. The summed E-state index contributed by atoms with van der Waals surface area (Å²) in [4.78, 5) is 0. The number of aromatic nitrogens is 2. The number of rotatable bonds is 4. The van der Waals surface area contributed by atoms with E-state index in [1.165, 1.54) is 50.5 Å². The Morgan fingerprint density at radius 1 is 1.41 bits per heavy atom. The first-order valence-corrected chi connectivity index (χ1v) is 6.92. The van der Waals surface area contributed by atoms with Crippen molar-refractivity contribution in [2.45, 2.75) is 51.0 Å². The van der Waals surface area contributed by atoms with Gasteiger partial charge in [0.25, 0.3) is 0 Å². The zero-order valence-corrected chi connectivity index (χ0v) is 11.2. The number of nitrogens with one attached hydrogen (secondary N) is 1. The maximum absolute atomic E-state index is 4.23. The van der Waals surface area contributed by atoms with Gasteiger partial charge in [-0.05, 0) is 44.2 Å². The summed E-state index contributed by atoms with van der Waals surface area (Å²) in [5.41, 5.74) is 1.39. The molecule has 3 heteroatoms. The summed E-state index contributed by atoms with van der Waals surface area (Å²) < 4.78 is 1.90. The Bertz CT molecular complexity index is 332. The van der Waals surface area contributed by atoms with Crippen LogP contribution in [0.3, 0.4) is 0 Å². The fourth-order valence-electron chi connectivity index (χ4n) is 2.96. The van der Waals surface area contributed by atoms with Gasteiger partial charge in [-0.2, -0.15) is 5.10 Å². The first-order chi connectivity index (χ1) is 8.28. The van der Waals surface area contributed by atoms with E-state index < -0.39 is 0 Å². The molecule has 0 bridgehead atoms. The molecule has 2 rings (SSSR count). The lowest BCUT2D eigenvalue weighted by molar-refractivity contribution is 0.381. The van der Waals surface area contributed by atoms with Gasteiger partial charge in [0.1, 0.15) is 0 Å². The topological polar surface area (TPSA) is 29.9 Å². The second-order valence-electron chi connectivity index (χ2n) is 5.43. The highest BCUT2D eigenvalue weighted by Gasteiger charge is 2.18. The molecule has 0 amide bonds. The molecule has 3 nitrogen and oxygen atoms in total. The third kappa shape index (κ3) is 3.84. The maximum atomic E-state index is 4.23. The van der Waals surface area contributed by atoms with E-state index in [0.717, 1.165) is 12.0 Å². The molecule has 0 aliphatic heterocycles. The van der Waals surface area contributed by atoms with Crippen molar-refractivity contribution in [2.75, 3.05) is 7.05 Å². The highest BCUT2D eigenvalue weighted by molar-refractivity contribution is 5.03. The Morgan fingerprint density at radius 3 is 2.94 bits per heavy atom. The van der Waals surface area contributed by atoms with E-state index in [1.807, 2.05) is 17.9 Å². The third-order valence-electron chi connectivity index (χ3n) is 4.04. The zero-order chi connectivity index (χ0) is 12.1. The molecule has 0 spiro atoms. The smallest absolute Gasteiger partial charge is 0.0521 e. The first-order valence-electron chi connectivity index (χ1n) is 6.92. The molecule has 2 atom stereocenters. The molecule has 1 aliphatic rings. The molecule has 1 aromatic rings. The van der Waals surface area contributed by atoms with Gasteiger partial charge in [-0.3, -0.25) is 4.68 Å². The molecule has 2 unspecified atom stereocenters. The minimum atomic E-state index is 0.747. The summed E-state index contributed by atoms with van der Waals surface area (Å²) in [5, 5.41) is 7.69. The van der Waals surface area contributed by atoms with Crippen molar-refractivity contribution < 1.29 is 0 Å². The molecule has 1 saturated carbocycles. The van der Waals surface area contributed by atoms with Crippen LogP contribution in [0.25, 0.3) is 0 Å². The fourth-order valence-corrected chi connectivity index (χ4v) is 2.96. The fraction of sp³-hybridized carbons (Fsp3) is 0.786. The zero-order valence-electron chi connectivity index (χ0n) is 11.2. The van der Waals surface area contributed by atoms with Crippen molar-refractivity contribution in [3.8, 4) is 0 Å². The molecular weight excluding hydrogens is 210 g/mol. The summed E-state index contributed by atoms with van der Waals surface area (Å²) in [6, 6.07) is 0.747. The van der Waals surface area contributed by atoms with Crippen LogP contribution in [0.5, 0.6) is 0 Å². The van der Waals surface area contributed by atoms with Gasteiger partial charge in [-0.15, -0.1) is 0 Å². The number of nitrogens with zero attached hydrogens (tertiary/aromatic N) is 2. The van der Waals surface area contributed by atoms with E-state index in [-0.39, 0.29) is 0 Å². The molecule has 96 valence electrons. The van der Waals surface area contributed by atoms with Crippen LogP contribution in [0.2, 0.25) is 0 Å². The van der Waals surface area contributed by atoms with Crippen LogP contribution < -0.4 is 5.32 Å². The van der Waals surface area contributed by atoms with Gasteiger partial charge in [0.2, 0.25) is 0 Å². The van der Waals surface area contributed by atoms with Crippen molar-refractivity contribution in [3.63, 3.8) is 0 Å². The summed E-state index contributed by atoms with van der Waals surface area (Å²) in [6.07, 6.45) is 13.6. The van der Waals surface area contributed by atoms with Crippen molar-refractivity contribution >= 4 is 0 Å². The predicted octanol–water partition coefficient (Wildman–Crippen LogP) is 2.52. The minimum absolute atomic E-state index is 0.747. The normalized spacial score (nSPS) is 25.8. The van der Waals surface area contributed by atoms with Gasteiger partial charge >= 0.3 is 0 Å². The van der Waals surface area contributed by atoms with Crippen LogP contribution in [-0.4, -0.2) is 22.9 Å². The number of aryl methyl sites for hydroxylation is 2. The lowest BCUT2D eigenvalue weighted by atomic mass is 9.92. The highest BCUT2D eigenvalue weighted by atomic mass is 15.2. The summed E-state index contributed by atoms with van der Waals surface area (Å²) in [6.45, 7) is 0. The average molecular weight is 235 g/mol. The molecule has 1 fully saturated rings.